The second-order valence-corrected chi connectivity index (χ2v) is 20.6. The van der Waals surface area contributed by atoms with E-state index in [0.29, 0.717) is 76.5 Å². The molecule has 4 amide bonds. The van der Waals surface area contributed by atoms with Gasteiger partial charge >= 0.3 is 0 Å². The Kier molecular flexibility index (Phi) is 17.2. The van der Waals surface area contributed by atoms with E-state index >= 15 is 0 Å². The average Bonchev–Trinajstić information content (AvgIpc) is 4.19. The first kappa shape index (κ1) is 56.8. The highest BCUT2D eigenvalue weighted by molar-refractivity contribution is 6.07. The monoisotopic (exact) mass is 1120 g/mol. The van der Waals surface area contributed by atoms with E-state index in [0.717, 1.165) is 102 Å². The van der Waals surface area contributed by atoms with Gasteiger partial charge in [-0.2, -0.15) is 0 Å². The molecule has 0 saturated carbocycles. The highest BCUT2D eigenvalue weighted by atomic mass is 19.1. The summed E-state index contributed by atoms with van der Waals surface area (Å²) in [6.07, 6.45) is 5.24. The Hall–Kier alpha value is -9.48. The van der Waals surface area contributed by atoms with Crippen LogP contribution in [0.15, 0.2) is 146 Å². The van der Waals surface area contributed by atoms with E-state index < -0.39 is 5.91 Å². The number of carbonyl (C=O) groups excluding carboxylic acids is 6. The number of pyridine rings is 3. The maximum Gasteiger partial charge on any atom is 0.267 e. The third kappa shape index (κ3) is 13.0. The molecular formula is C66H58F3N7O7. The number of hydrogen-bond donors (Lipinski definition) is 1. The summed E-state index contributed by atoms with van der Waals surface area (Å²) in [7, 11) is 0. The normalized spacial score (nSPS) is 14.2. The summed E-state index contributed by atoms with van der Waals surface area (Å²) in [4.78, 5) is 92.7. The van der Waals surface area contributed by atoms with Gasteiger partial charge in [-0.15, -0.1) is 0 Å². The predicted molar refractivity (Wildman–Crippen MR) is 312 cm³/mol. The zero-order chi connectivity index (χ0) is 58.3. The molecule has 14 nitrogen and oxygen atoms in total. The Morgan fingerprint density at radius 3 is 1.02 bits per heavy atom. The minimum Gasteiger partial charge on any atom is -0.378 e. The van der Waals surface area contributed by atoms with Crippen LogP contribution in [0.5, 0.6) is 0 Å². The Morgan fingerprint density at radius 2 is 0.699 bits per heavy atom. The van der Waals surface area contributed by atoms with Gasteiger partial charge in [0.15, 0.2) is 11.6 Å². The molecule has 6 aromatic carbocycles. The van der Waals surface area contributed by atoms with E-state index in [1.54, 1.807) is 95.9 Å². The molecule has 12 rings (SSSR count). The molecule has 3 aliphatic heterocycles. The number of hydrogen-bond acceptors (Lipinski definition) is 10. The van der Waals surface area contributed by atoms with Gasteiger partial charge in [0.2, 0.25) is 0 Å². The number of nitrogens with two attached hydrogens (primary N) is 1. The van der Waals surface area contributed by atoms with Crippen molar-refractivity contribution in [1.29, 1.82) is 0 Å². The standard InChI is InChI=1S/C23H21FN2O2.C22H19FN2O3.C21H18FN3O2/c1-15(27)21-14-20(16-5-8-18(24)9-6-16)19-10-7-17(13-22(19)25-21)23(28)26-11-3-2-4-12-26;1-14(26)20-13-19(15-2-5-17(23)6-3-15)18-7-4-16(12-21(18)24-20)22(27)25-8-10-28-11-9-25;22-15-6-3-13(4-7-15)17-12-19(20(23)26)24-18-11-14(5-8-16(17)18)21(27)25-9-1-2-10-25/h5-10,13-14H,2-4,11-12H2,1H3;2-7,12-13H,8-11H2,1H3;3-8,11-12H,1-2,9-10H2,(H2,23,26). The van der Waals surface area contributed by atoms with Gasteiger partial charge in [0.25, 0.3) is 23.6 Å². The lowest BCUT2D eigenvalue weighted by molar-refractivity contribution is 0.0303. The molecular weight excluding hydrogens is 1060 g/mol. The van der Waals surface area contributed by atoms with Crippen LogP contribution in [0.25, 0.3) is 66.1 Å². The number of likely N-dealkylation sites (tertiary alicyclic amines) is 2. The molecule has 420 valence electrons. The van der Waals surface area contributed by atoms with Gasteiger partial charge in [-0.25, -0.2) is 28.1 Å². The highest BCUT2D eigenvalue weighted by Gasteiger charge is 2.24. The number of aromatic nitrogens is 3. The smallest absolute Gasteiger partial charge is 0.267 e. The maximum atomic E-state index is 13.3. The van der Waals surface area contributed by atoms with Crippen molar-refractivity contribution in [1.82, 2.24) is 29.7 Å². The molecule has 2 N–H and O–H groups in total. The molecule has 0 unspecified atom stereocenters. The van der Waals surface area contributed by atoms with Crippen LogP contribution in [-0.2, 0) is 4.74 Å². The molecule has 3 fully saturated rings. The van der Waals surface area contributed by atoms with Crippen LogP contribution < -0.4 is 5.73 Å². The molecule has 17 heteroatoms. The molecule has 0 bridgehead atoms. The SMILES string of the molecule is CC(=O)c1cc(-c2ccc(F)cc2)c2ccc(C(=O)N3CCCCC3)cc2n1.CC(=O)c1cc(-c2ccc(F)cc2)c2ccc(C(=O)N3CCOCC3)cc2n1.NC(=O)c1cc(-c2ccc(F)cc2)c2ccc(C(=O)N3CCCC3)cc2n1. The summed E-state index contributed by atoms with van der Waals surface area (Å²) < 4.78 is 45.2. The number of primary amides is 1. The van der Waals surface area contributed by atoms with Crippen LogP contribution >= 0.6 is 0 Å². The van der Waals surface area contributed by atoms with Gasteiger partial charge in [-0.05, 0) is 156 Å². The van der Waals surface area contributed by atoms with Gasteiger partial charge in [0.1, 0.15) is 34.5 Å². The second kappa shape index (κ2) is 25.1. The number of Topliss-reactive ketones (excluding diaryl/α,β-unsaturated/α-hetero) is 2. The number of rotatable bonds is 9. The number of carbonyl (C=O) groups is 6. The minimum atomic E-state index is -0.656. The topological polar surface area (TPSA) is 186 Å². The van der Waals surface area contributed by atoms with Gasteiger partial charge in [-0.3, -0.25) is 28.8 Å². The Balaban J connectivity index is 0.000000139. The quantitative estimate of drug-likeness (QED) is 0.136. The summed E-state index contributed by atoms with van der Waals surface area (Å²) >= 11 is 0. The van der Waals surface area contributed by atoms with E-state index in [-0.39, 0.29) is 52.4 Å². The Labute approximate surface area is 476 Å². The van der Waals surface area contributed by atoms with Crippen LogP contribution in [0, 0.1) is 17.5 Å². The lowest BCUT2D eigenvalue weighted by Crippen LogP contribution is -2.40. The number of benzene rings is 6. The van der Waals surface area contributed by atoms with Gasteiger partial charge < -0.3 is 25.2 Å². The van der Waals surface area contributed by atoms with Crippen molar-refractivity contribution in [2.75, 3.05) is 52.5 Å². The summed E-state index contributed by atoms with van der Waals surface area (Å²) in [5, 5.41) is 2.39. The fourth-order valence-electron chi connectivity index (χ4n) is 10.5. The lowest BCUT2D eigenvalue weighted by Gasteiger charge is -2.27. The third-order valence-corrected chi connectivity index (χ3v) is 14.9. The first-order valence-electron chi connectivity index (χ1n) is 27.5. The zero-order valence-electron chi connectivity index (χ0n) is 45.8. The first-order valence-corrected chi connectivity index (χ1v) is 27.5. The summed E-state index contributed by atoms with van der Waals surface area (Å²) in [5.41, 5.74) is 14.1. The largest absolute Gasteiger partial charge is 0.378 e. The number of fused-ring (bicyclic) bond motifs is 3. The predicted octanol–water partition coefficient (Wildman–Crippen LogP) is 12.0. The number of halogens is 3. The average molecular weight is 1120 g/mol. The molecule has 3 aromatic heterocycles. The number of nitrogens with zero attached hydrogens (tertiary/aromatic N) is 6. The van der Waals surface area contributed by atoms with Crippen LogP contribution in [0.1, 0.15) is 108 Å². The van der Waals surface area contributed by atoms with Crippen LogP contribution in [0.3, 0.4) is 0 Å². The van der Waals surface area contributed by atoms with Crippen molar-refractivity contribution >= 4 is 67.9 Å². The number of ketones is 2. The van der Waals surface area contributed by atoms with Crippen LogP contribution in [-0.4, -0.2) is 117 Å². The maximum absolute atomic E-state index is 13.3. The van der Waals surface area contributed by atoms with E-state index in [1.807, 2.05) is 28.0 Å². The van der Waals surface area contributed by atoms with E-state index in [2.05, 4.69) is 15.0 Å². The molecule has 3 aliphatic rings. The van der Waals surface area contributed by atoms with E-state index in [9.17, 15) is 41.9 Å². The van der Waals surface area contributed by atoms with Gasteiger partial charge in [0.05, 0.1) is 29.8 Å². The van der Waals surface area contributed by atoms with E-state index in [4.69, 9.17) is 10.5 Å². The number of piperidine rings is 1. The van der Waals surface area contributed by atoms with Crippen molar-refractivity contribution in [2.24, 2.45) is 5.73 Å². The summed E-state index contributed by atoms with van der Waals surface area (Å²) in [6, 6.07) is 39.3. The molecule has 0 aliphatic carbocycles. The fraction of sp³-hybridized carbons (Fsp3) is 0.227. The first-order chi connectivity index (χ1) is 40.1. The molecule has 6 heterocycles. The fourth-order valence-corrected chi connectivity index (χ4v) is 10.5. The second-order valence-electron chi connectivity index (χ2n) is 20.6. The van der Waals surface area contributed by atoms with Gasteiger partial charge in [0, 0.05) is 86.0 Å². The van der Waals surface area contributed by atoms with Crippen LogP contribution in [0.4, 0.5) is 13.2 Å². The van der Waals surface area contributed by atoms with Crippen molar-refractivity contribution < 1.29 is 46.7 Å². The molecule has 3 saturated heterocycles. The highest BCUT2D eigenvalue weighted by Crippen LogP contribution is 2.34. The van der Waals surface area contributed by atoms with Crippen molar-refractivity contribution in [3.8, 4) is 33.4 Å². The number of morpholine rings is 1. The van der Waals surface area contributed by atoms with Crippen molar-refractivity contribution in [3.05, 3.63) is 197 Å². The van der Waals surface area contributed by atoms with Crippen LogP contribution in [0.2, 0.25) is 0 Å². The lowest BCUT2D eigenvalue weighted by atomic mass is 9.98. The minimum absolute atomic E-state index is 0.0000368. The Morgan fingerprint density at radius 1 is 0.398 bits per heavy atom. The number of amides is 4. The van der Waals surface area contributed by atoms with Crippen molar-refractivity contribution in [2.45, 2.75) is 46.0 Å². The zero-order valence-corrected chi connectivity index (χ0v) is 45.8. The molecule has 0 atom stereocenters. The van der Waals surface area contributed by atoms with Crippen molar-refractivity contribution in [3.63, 3.8) is 0 Å². The molecule has 0 radical (unpaired) electrons. The molecule has 0 spiro atoms. The molecule has 83 heavy (non-hydrogen) atoms. The van der Waals surface area contributed by atoms with Gasteiger partial charge in [-0.1, -0.05) is 54.6 Å². The summed E-state index contributed by atoms with van der Waals surface area (Å²) in [6.45, 7) is 8.14. The Bertz CT molecular complexity index is 3800. The summed E-state index contributed by atoms with van der Waals surface area (Å²) in [5.74, 6) is -2.08. The van der Waals surface area contributed by atoms with E-state index in [1.165, 1.54) is 50.2 Å². The molecule has 9 aromatic rings. The number of ether oxygens (including phenoxy) is 1. The third-order valence-electron chi connectivity index (χ3n) is 14.9.